The first-order valence-electron chi connectivity index (χ1n) is 5.59. The number of carbonyl (C=O) groups is 1. The number of halogens is 1. The normalized spacial score (nSPS) is 20.5. The van der Waals surface area contributed by atoms with Crippen LogP contribution in [0.4, 0.5) is 4.39 Å². The third-order valence-electron chi connectivity index (χ3n) is 3.32. The number of nitrogens with one attached hydrogen (secondary N) is 1. The smallest absolute Gasteiger partial charge is 0.256 e. The Morgan fingerprint density at radius 3 is 2.50 bits per heavy atom. The summed E-state index contributed by atoms with van der Waals surface area (Å²) in [5.41, 5.74) is 3.58. The number of alkyl halides is 1. The van der Waals surface area contributed by atoms with Gasteiger partial charge in [0.15, 0.2) is 0 Å². The van der Waals surface area contributed by atoms with Crippen molar-refractivity contribution in [2.75, 3.05) is 13.1 Å². The Kier molecular flexibility index (Phi) is 2.74. The van der Waals surface area contributed by atoms with Gasteiger partial charge in [-0.1, -0.05) is 0 Å². The van der Waals surface area contributed by atoms with Crippen molar-refractivity contribution in [1.82, 2.24) is 9.88 Å². The third-order valence-corrected chi connectivity index (χ3v) is 3.32. The van der Waals surface area contributed by atoms with Crippen molar-refractivity contribution in [3.05, 3.63) is 22.5 Å². The molecule has 1 fully saturated rings. The van der Waals surface area contributed by atoms with Crippen LogP contribution >= 0.6 is 0 Å². The molecule has 2 rings (SSSR count). The second-order valence-corrected chi connectivity index (χ2v) is 4.51. The van der Waals surface area contributed by atoms with E-state index in [2.05, 4.69) is 4.98 Å². The van der Waals surface area contributed by atoms with Crippen molar-refractivity contribution in [1.29, 1.82) is 0 Å². The zero-order chi connectivity index (χ0) is 11.9. The van der Waals surface area contributed by atoms with E-state index in [1.807, 2.05) is 20.8 Å². The minimum Gasteiger partial charge on any atom is -0.362 e. The summed E-state index contributed by atoms with van der Waals surface area (Å²) in [7, 11) is 0. The van der Waals surface area contributed by atoms with Crippen LogP contribution in [0.2, 0.25) is 0 Å². The van der Waals surface area contributed by atoms with E-state index < -0.39 is 6.17 Å². The maximum absolute atomic E-state index is 13.1. The molecule has 1 aliphatic rings. The first-order chi connectivity index (χ1) is 7.50. The summed E-state index contributed by atoms with van der Waals surface area (Å²) in [5.74, 6) is -0.0421. The molecule has 4 heteroatoms. The number of amides is 1. The molecule has 0 saturated carbocycles. The van der Waals surface area contributed by atoms with Gasteiger partial charge < -0.3 is 9.88 Å². The van der Waals surface area contributed by atoms with Crippen LogP contribution in [0.3, 0.4) is 0 Å². The Hall–Kier alpha value is -1.32. The van der Waals surface area contributed by atoms with E-state index in [9.17, 15) is 9.18 Å². The SMILES string of the molecule is Cc1[nH]c(C)c(C(=O)N2CC[C@H](F)C2)c1C. The summed E-state index contributed by atoms with van der Waals surface area (Å²) in [6.07, 6.45) is -0.391. The van der Waals surface area contributed by atoms with E-state index in [1.165, 1.54) is 0 Å². The number of carbonyl (C=O) groups excluding carboxylic acids is 1. The van der Waals surface area contributed by atoms with Crippen molar-refractivity contribution >= 4 is 5.91 Å². The van der Waals surface area contributed by atoms with Gasteiger partial charge in [0.25, 0.3) is 5.91 Å². The van der Waals surface area contributed by atoms with E-state index in [1.54, 1.807) is 4.90 Å². The average Bonchev–Trinajstić information content (AvgIpc) is 2.73. The molecule has 3 nitrogen and oxygen atoms in total. The molecule has 1 aliphatic heterocycles. The minimum absolute atomic E-state index is 0.0421. The Morgan fingerprint density at radius 2 is 2.06 bits per heavy atom. The van der Waals surface area contributed by atoms with Crippen molar-refractivity contribution in [3.8, 4) is 0 Å². The van der Waals surface area contributed by atoms with Gasteiger partial charge in [0.2, 0.25) is 0 Å². The van der Waals surface area contributed by atoms with Crippen LogP contribution in [0.1, 0.15) is 33.7 Å². The molecule has 1 saturated heterocycles. The molecular weight excluding hydrogens is 207 g/mol. The van der Waals surface area contributed by atoms with Gasteiger partial charge in [0, 0.05) is 17.9 Å². The van der Waals surface area contributed by atoms with Crippen molar-refractivity contribution in [2.24, 2.45) is 0 Å². The van der Waals surface area contributed by atoms with E-state index in [0.717, 1.165) is 17.0 Å². The van der Waals surface area contributed by atoms with Crippen LogP contribution in [0.15, 0.2) is 0 Å². The lowest BCUT2D eigenvalue weighted by molar-refractivity contribution is 0.0781. The highest BCUT2D eigenvalue weighted by Crippen LogP contribution is 2.22. The fourth-order valence-corrected chi connectivity index (χ4v) is 2.29. The molecule has 0 bridgehead atoms. The summed E-state index contributed by atoms with van der Waals surface area (Å²) >= 11 is 0. The van der Waals surface area contributed by atoms with Gasteiger partial charge in [-0.15, -0.1) is 0 Å². The number of hydrogen-bond donors (Lipinski definition) is 1. The lowest BCUT2D eigenvalue weighted by Gasteiger charge is -2.15. The maximum atomic E-state index is 13.1. The van der Waals surface area contributed by atoms with Gasteiger partial charge in [-0.25, -0.2) is 4.39 Å². The maximum Gasteiger partial charge on any atom is 0.256 e. The topological polar surface area (TPSA) is 36.1 Å². The van der Waals surface area contributed by atoms with E-state index in [-0.39, 0.29) is 12.5 Å². The molecule has 0 spiro atoms. The Bertz CT molecular complexity index is 425. The Morgan fingerprint density at radius 1 is 1.38 bits per heavy atom. The van der Waals surface area contributed by atoms with Crippen molar-refractivity contribution in [3.63, 3.8) is 0 Å². The van der Waals surface area contributed by atoms with Crippen LogP contribution in [-0.4, -0.2) is 35.1 Å². The van der Waals surface area contributed by atoms with Crippen LogP contribution in [0, 0.1) is 20.8 Å². The van der Waals surface area contributed by atoms with E-state index in [0.29, 0.717) is 18.5 Å². The zero-order valence-corrected chi connectivity index (χ0v) is 9.93. The summed E-state index contributed by atoms with van der Waals surface area (Å²) in [6.45, 7) is 6.53. The monoisotopic (exact) mass is 224 g/mol. The second-order valence-electron chi connectivity index (χ2n) is 4.51. The lowest BCUT2D eigenvalue weighted by atomic mass is 10.1. The first kappa shape index (κ1) is 11.2. The summed E-state index contributed by atoms with van der Waals surface area (Å²) in [5, 5.41) is 0. The van der Waals surface area contributed by atoms with Gasteiger partial charge in [0.1, 0.15) is 6.17 Å². The van der Waals surface area contributed by atoms with Crippen LogP contribution in [0.5, 0.6) is 0 Å². The van der Waals surface area contributed by atoms with E-state index in [4.69, 9.17) is 0 Å². The quantitative estimate of drug-likeness (QED) is 0.779. The number of likely N-dealkylation sites (tertiary alicyclic amines) is 1. The van der Waals surface area contributed by atoms with Crippen molar-refractivity contribution in [2.45, 2.75) is 33.4 Å². The van der Waals surface area contributed by atoms with Gasteiger partial charge in [-0.3, -0.25) is 4.79 Å². The fraction of sp³-hybridized carbons (Fsp3) is 0.583. The first-order valence-corrected chi connectivity index (χ1v) is 5.59. The van der Waals surface area contributed by atoms with Gasteiger partial charge >= 0.3 is 0 Å². The van der Waals surface area contributed by atoms with Gasteiger partial charge in [-0.2, -0.15) is 0 Å². The molecule has 0 unspecified atom stereocenters. The van der Waals surface area contributed by atoms with Gasteiger partial charge in [-0.05, 0) is 32.8 Å². The number of hydrogen-bond acceptors (Lipinski definition) is 1. The Labute approximate surface area is 94.6 Å². The minimum atomic E-state index is -0.857. The summed E-state index contributed by atoms with van der Waals surface area (Å²) in [4.78, 5) is 16.9. The number of nitrogens with zero attached hydrogens (tertiary/aromatic N) is 1. The molecule has 1 aromatic rings. The highest BCUT2D eigenvalue weighted by molar-refractivity contribution is 5.97. The highest BCUT2D eigenvalue weighted by Gasteiger charge is 2.29. The summed E-state index contributed by atoms with van der Waals surface area (Å²) in [6, 6.07) is 0. The zero-order valence-electron chi connectivity index (χ0n) is 9.93. The molecule has 1 atom stereocenters. The van der Waals surface area contributed by atoms with Crippen LogP contribution in [-0.2, 0) is 0 Å². The number of aryl methyl sites for hydroxylation is 2. The molecule has 88 valence electrons. The molecule has 1 aromatic heterocycles. The molecule has 2 heterocycles. The summed E-state index contributed by atoms with van der Waals surface area (Å²) < 4.78 is 13.1. The highest BCUT2D eigenvalue weighted by atomic mass is 19.1. The molecule has 0 aromatic carbocycles. The van der Waals surface area contributed by atoms with E-state index >= 15 is 0 Å². The number of aromatic amines is 1. The predicted octanol–water partition coefficient (Wildman–Crippen LogP) is 2.12. The number of aromatic nitrogens is 1. The lowest BCUT2D eigenvalue weighted by Crippen LogP contribution is -2.29. The van der Waals surface area contributed by atoms with Crippen LogP contribution < -0.4 is 0 Å². The molecule has 1 amide bonds. The fourth-order valence-electron chi connectivity index (χ4n) is 2.29. The average molecular weight is 224 g/mol. The largest absolute Gasteiger partial charge is 0.362 e. The molecule has 16 heavy (non-hydrogen) atoms. The van der Waals surface area contributed by atoms with Crippen LogP contribution in [0.25, 0.3) is 0 Å². The predicted molar refractivity (Wildman–Crippen MR) is 60.4 cm³/mol. The molecule has 0 radical (unpaired) electrons. The molecular formula is C12H17FN2O. The third kappa shape index (κ3) is 1.72. The molecule has 1 N–H and O–H groups in total. The number of rotatable bonds is 1. The Balaban J connectivity index is 2.27. The van der Waals surface area contributed by atoms with Crippen molar-refractivity contribution < 1.29 is 9.18 Å². The van der Waals surface area contributed by atoms with Gasteiger partial charge in [0.05, 0.1) is 12.1 Å². The second kappa shape index (κ2) is 3.92. The molecule has 0 aliphatic carbocycles. The number of H-pyrrole nitrogens is 1. The standard InChI is InChI=1S/C12H17FN2O/c1-7-8(2)14-9(3)11(7)12(16)15-5-4-10(13)6-15/h10,14H,4-6H2,1-3H3/t10-/m0/s1.